The summed E-state index contributed by atoms with van der Waals surface area (Å²) in [5.74, 6) is 1.05. The first-order chi connectivity index (χ1) is 8.20. The molecule has 2 saturated heterocycles. The summed E-state index contributed by atoms with van der Waals surface area (Å²) in [7, 11) is 2.25. The lowest BCUT2D eigenvalue weighted by molar-refractivity contribution is 0.305. The Kier molecular flexibility index (Phi) is 3.42. The summed E-state index contributed by atoms with van der Waals surface area (Å²) in [6, 6.07) is 2.26. The van der Waals surface area contributed by atoms with Gasteiger partial charge >= 0.3 is 0 Å². The van der Waals surface area contributed by atoms with Crippen LogP contribution in [0.1, 0.15) is 32.6 Å². The lowest BCUT2D eigenvalue weighted by Gasteiger charge is -2.20. The minimum absolute atomic E-state index is 0.737. The molecule has 0 aromatic heterocycles. The minimum atomic E-state index is 0.737. The van der Waals surface area contributed by atoms with E-state index < -0.39 is 0 Å². The average Bonchev–Trinajstić information content (AvgIpc) is 2.89. The predicted octanol–water partition coefficient (Wildman–Crippen LogP) is 1.15. The Morgan fingerprint density at radius 3 is 2.59 bits per heavy atom. The monoisotopic (exact) mass is 237 g/mol. The maximum atomic E-state index is 3.88. The quantitative estimate of drug-likeness (QED) is 0.791. The summed E-state index contributed by atoms with van der Waals surface area (Å²) >= 11 is 0. The van der Waals surface area contributed by atoms with Crippen LogP contribution in [0.5, 0.6) is 0 Å². The highest BCUT2D eigenvalue weighted by atomic mass is 15.2. The van der Waals surface area contributed by atoms with Crippen molar-refractivity contribution in [3.8, 4) is 0 Å². The number of hydrogen-bond donors (Lipinski definition) is 1. The fourth-order valence-corrected chi connectivity index (χ4v) is 3.45. The van der Waals surface area contributed by atoms with Gasteiger partial charge in [-0.15, -0.1) is 0 Å². The van der Waals surface area contributed by atoms with E-state index >= 15 is 0 Å². The normalized spacial score (nSPS) is 40.2. The van der Waals surface area contributed by atoms with Crippen molar-refractivity contribution in [3.63, 3.8) is 0 Å². The molecule has 0 aromatic rings. The van der Waals surface area contributed by atoms with Crippen LogP contribution in [0.15, 0.2) is 0 Å². The van der Waals surface area contributed by atoms with Gasteiger partial charge in [0.2, 0.25) is 0 Å². The molecular formula is C14H27N3. The van der Waals surface area contributed by atoms with Crippen molar-refractivity contribution in [1.29, 1.82) is 0 Å². The van der Waals surface area contributed by atoms with E-state index in [1.54, 1.807) is 0 Å². The van der Waals surface area contributed by atoms with Crippen LogP contribution in [0.25, 0.3) is 0 Å². The molecule has 2 aliphatic heterocycles. The average molecular weight is 237 g/mol. The number of rotatable bonds is 4. The molecule has 1 saturated carbocycles. The van der Waals surface area contributed by atoms with Gasteiger partial charge in [0.15, 0.2) is 0 Å². The number of nitrogens with zero attached hydrogens (tertiary/aromatic N) is 2. The van der Waals surface area contributed by atoms with E-state index in [2.05, 4.69) is 29.1 Å². The Balaban J connectivity index is 1.41. The molecule has 0 unspecified atom stereocenters. The van der Waals surface area contributed by atoms with Gasteiger partial charge in [-0.1, -0.05) is 0 Å². The number of hydrogen-bond acceptors (Lipinski definition) is 3. The number of nitrogens with one attached hydrogen (secondary N) is 1. The Labute approximate surface area is 106 Å². The molecular weight excluding hydrogens is 210 g/mol. The fourth-order valence-electron chi connectivity index (χ4n) is 3.45. The second-order valence-electron chi connectivity index (χ2n) is 6.58. The standard InChI is InChI=1S/C14H27N3/c1-11-7-14(9-16(11)2)15-13-5-6-17(10-13)8-12-3-4-12/h11-15H,3-10H2,1-2H3/t11-,13+,14+/m1/s1. The lowest BCUT2D eigenvalue weighted by atomic mass is 10.1. The third kappa shape index (κ3) is 3.01. The van der Waals surface area contributed by atoms with Crippen molar-refractivity contribution in [2.45, 2.75) is 50.7 Å². The first-order valence-electron chi connectivity index (χ1n) is 7.39. The van der Waals surface area contributed by atoms with Gasteiger partial charge in [-0.25, -0.2) is 0 Å². The van der Waals surface area contributed by atoms with Gasteiger partial charge in [0.25, 0.3) is 0 Å². The molecule has 3 atom stereocenters. The smallest absolute Gasteiger partial charge is 0.0212 e. The van der Waals surface area contributed by atoms with E-state index in [1.807, 2.05) is 0 Å². The molecule has 3 fully saturated rings. The lowest BCUT2D eigenvalue weighted by Crippen LogP contribution is -2.41. The molecule has 17 heavy (non-hydrogen) atoms. The molecule has 98 valence electrons. The van der Waals surface area contributed by atoms with Crippen molar-refractivity contribution in [2.24, 2.45) is 5.92 Å². The van der Waals surface area contributed by atoms with Crippen LogP contribution in [0.3, 0.4) is 0 Å². The van der Waals surface area contributed by atoms with Crippen LogP contribution in [-0.2, 0) is 0 Å². The molecule has 3 nitrogen and oxygen atoms in total. The topological polar surface area (TPSA) is 18.5 Å². The molecule has 0 bridgehead atoms. The predicted molar refractivity (Wildman–Crippen MR) is 71.2 cm³/mol. The second kappa shape index (κ2) is 4.87. The maximum Gasteiger partial charge on any atom is 0.0212 e. The van der Waals surface area contributed by atoms with E-state index in [4.69, 9.17) is 0 Å². The largest absolute Gasteiger partial charge is 0.309 e. The molecule has 0 aromatic carbocycles. The second-order valence-corrected chi connectivity index (χ2v) is 6.58. The van der Waals surface area contributed by atoms with E-state index in [1.165, 1.54) is 51.9 Å². The molecule has 3 aliphatic rings. The summed E-state index contributed by atoms with van der Waals surface area (Å²) in [6.45, 7) is 7.58. The summed E-state index contributed by atoms with van der Waals surface area (Å²) in [6.07, 6.45) is 5.66. The minimum Gasteiger partial charge on any atom is -0.309 e. The Morgan fingerprint density at radius 2 is 1.94 bits per heavy atom. The zero-order valence-electron chi connectivity index (χ0n) is 11.4. The van der Waals surface area contributed by atoms with Crippen LogP contribution < -0.4 is 5.32 Å². The van der Waals surface area contributed by atoms with Crippen LogP contribution in [0, 0.1) is 5.92 Å². The first-order valence-corrected chi connectivity index (χ1v) is 7.39. The maximum absolute atomic E-state index is 3.88. The van der Waals surface area contributed by atoms with Crippen LogP contribution in [0.2, 0.25) is 0 Å². The summed E-state index contributed by atoms with van der Waals surface area (Å²) in [5.41, 5.74) is 0. The molecule has 3 heteroatoms. The van der Waals surface area contributed by atoms with Gasteiger partial charge < -0.3 is 15.1 Å². The molecule has 1 N–H and O–H groups in total. The molecule has 3 rings (SSSR count). The van der Waals surface area contributed by atoms with Crippen LogP contribution in [0.4, 0.5) is 0 Å². The van der Waals surface area contributed by atoms with Gasteiger partial charge in [0.1, 0.15) is 0 Å². The summed E-state index contributed by atoms with van der Waals surface area (Å²) in [5, 5.41) is 3.88. The molecule has 2 heterocycles. The number of likely N-dealkylation sites (N-methyl/N-ethyl adjacent to an activating group) is 1. The molecule has 0 spiro atoms. The van der Waals surface area contributed by atoms with Gasteiger partial charge in [-0.3, -0.25) is 0 Å². The van der Waals surface area contributed by atoms with E-state index in [-0.39, 0.29) is 0 Å². The van der Waals surface area contributed by atoms with Gasteiger partial charge in [0.05, 0.1) is 0 Å². The summed E-state index contributed by atoms with van der Waals surface area (Å²) in [4.78, 5) is 5.16. The number of likely N-dealkylation sites (tertiary alicyclic amines) is 2. The van der Waals surface area contributed by atoms with Crippen molar-refractivity contribution in [2.75, 3.05) is 33.2 Å². The van der Waals surface area contributed by atoms with Crippen molar-refractivity contribution in [3.05, 3.63) is 0 Å². The highest BCUT2D eigenvalue weighted by Crippen LogP contribution is 2.30. The van der Waals surface area contributed by atoms with Crippen molar-refractivity contribution in [1.82, 2.24) is 15.1 Å². The zero-order valence-corrected chi connectivity index (χ0v) is 11.4. The van der Waals surface area contributed by atoms with Gasteiger partial charge in [0, 0.05) is 37.8 Å². The van der Waals surface area contributed by atoms with E-state index in [0.717, 1.165) is 24.0 Å². The Hall–Kier alpha value is -0.120. The Morgan fingerprint density at radius 1 is 1.12 bits per heavy atom. The van der Waals surface area contributed by atoms with Gasteiger partial charge in [-0.05, 0) is 52.1 Å². The van der Waals surface area contributed by atoms with Gasteiger partial charge in [-0.2, -0.15) is 0 Å². The zero-order chi connectivity index (χ0) is 11.8. The third-order valence-electron chi connectivity index (χ3n) is 4.84. The van der Waals surface area contributed by atoms with Crippen LogP contribution in [-0.4, -0.2) is 61.2 Å². The SMILES string of the molecule is C[C@@H]1C[C@H](N[C@H]2CCN(CC3CC3)C2)CN1C. The van der Waals surface area contributed by atoms with Crippen LogP contribution >= 0.6 is 0 Å². The third-order valence-corrected chi connectivity index (χ3v) is 4.84. The fraction of sp³-hybridized carbons (Fsp3) is 1.00. The van der Waals surface area contributed by atoms with E-state index in [0.29, 0.717) is 0 Å². The molecule has 1 aliphatic carbocycles. The summed E-state index contributed by atoms with van der Waals surface area (Å²) < 4.78 is 0. The highest BCUT2D eigenvalue weighted by Gasteiger charge is 2.32. The molecule has 0 radical (unpaired) electrons. The van der Waals surface area contributed by atoms with E-state index in [9.17, 15) is 0 Å². The molecule has 0 amide bonds. The van der Waals surface area contributed by atoms with Crippen molar-refractivity contribution >= 4 is 0 Å². The Bertz CT molecular complexity index is 254. The first kappa shape index (κ1) is 11.9. The van der Waals surface area contributed by atoms with Crippen molar-refractivity contribution < 1.29 is 0 Å². The highest BCUT2D eigenvalue weighted by molar-refractivity contribution is 4.91.